The fraction of sp³-hybridized carbons (Fsp3) is 0.120. The summed E-state index contributed by atoms with van der Waals surface area (Å²) in [7, 11) is 1.59. The lowest BCUT2D eigenvalue weighted by Gasteiger charge is -2.12. The van der Waals surface area contributed by atoms with Gasteiger partial charge in [-0.15, -0.1) is 11.3 Å². The van der Waals surface area contributed by atoms with Crippen LogP contribution in [0.25, 0.3) is 20.4 Å². The summed E-state index contributed by atoms with van der Waals surface area (Å²) in [4.78, 5) is 36.1. The summed E-state index contributed by atoms with van der Waals surface area (Å²) in [5.41, 5.74) is 2.15. The van der Waals surface area contributed by atoms with Gasteiger partial charge in [-0.1, -0.05) is 42.1 Å². The average molecular weight is 489 g/mol. The number of methoxy groups -OCH3 is 1. The highest BCUT2D eigenvalue weighted by molar-refractivity contribution is 7.99. The van der Waals surface area contributed by atoms with Crippen molar-refractivity contribution in [1.29, 1.82) is 0 Å². The normalized spacial score (nSPS) is 11.1. The molecule has 0 aliphatic carbocycles. The van der Waals surface area contributed by atoms with Crippen molar-refractivity contribution in [3.8, 4) is 5.75 Å². The maximum absolute atomic E-state index is 13.5. The fourth-order valence-corrected chi connectivity index (χ4v) is 5.38. The molecule has 0 unspecified atom stereocenters. The number of thiophene rings is 1. The molecule has 5 rings (SSSR count). The molecule has 0 saturated heterocycles. The Balaban J connectivity index is 1.47. The number of hydrogen-bond donors (Lipinski definition) is 1. The molecular formula is C25H20N4O3S2. The van der Waals surface area contributed by atoms with Gasteiger partial charge in [0, 0.05) is 17.3 Å². The number of aromatic nitrogens is 3. The standard InChI is InChI=1S/C25H20N4O3S2/c1-32-18-11-9-17(10-12-18)27-20(30)15-33-25-28-21-19-8-5-13-26-23(19)34-22(21)24(31)29(25)14-16-6-3-2-4-7-16/h2-13H,14-15H2,1H3,(H,27,30). The summed E-state index contributed by atoms with van der Waals surface area (Å²) in [5, 5.41) is 4.21. The van der Waals surface area contributed by atoms with Crippen LogP contribution in [0.15, 0.2) is 82.9 Å². The van der Waals surface area contributed by atoms with Crippen molar-refractivity contribution >= 4 is 55.1 Å². The molecule has 0 bridgehead atoms. The molecular weight excluding hydrogens is 468 g/mol. The Labute approximate surface area is 203 Å². The van der Waals surface area contributed by atoms with E-state index >= 15 is 0 Å². The van der Waals surface area contributed by atoms with E-state index in [1.165, 1.54) is 23.1 Å². The number of rotatable bonds is 7. The summed E-state index contributed by atoms with van der Waals surface area (Å²) in [5.74, 6) is 0.638. The largest absolute Gasteiger partial charge is 0.497 e. The number of fused-ring (bicyclic) bond motifs is 3. The van der Waals surface area contributed by atoms with E-state index in [0.29, 0.717) is 33.4 Å². The first-order valence-corrected chi connectivity index (χ1v) is 12.3. The van der Waals surface area contributed by atoms with E-state index in [-0.39, 0.29) is 17.2 Å². The number of carbonyl (C=O) groups excluding carboxylic acids is 1. The maximum atomic E-state index is 13.5. The highest BCUT2D eigenvalue weighted by atomic mass is 32.2. The van der Waals surface area contributed by atoms with E-state index in [2.05, 4.69) is 10.3 Å². The molecule has 5 aromatic rings. The highest BCUT2D eigenvalue weighted by Crippen LogP contribution is 2.30. The molecule has 7 nitrogen and oxygen atoms in total. The molecule has 0 aliphatic heterocycles. The molecule has 1 N–H and O–H groups in total. The number of benzene rings is 2. The van der Waals surface area contributed by atoms with Gasteiger partial charge in [-0.2, -0.15) is 0 Å². The zero-order chi connectivity index (χ0) is 23.5. The number of anilines is 1. The molecule has 0 atom stereocenters. The highest BCUT2D eigenvalue weighted by Gasteiger charge is 2.18. The topological polar surface area (TPSA) is 86.1 Å². The van der Waals surface area contributed by atoms with Crippen LogP contribution in [-0.4, -0.2) is 33.3 Å². The third-order valence-corrected chi connectivity index (χ3v) is 7.27. The minimum Gasteiger partial charge on any atom is -0.497 e. The van der Waals surface area contributed by atoms with Crippen LogP contribution in [0.1, 0.15) is 5.56 Å². The van der Waals surface area contributed by atoms with Gasteiger partial charge in [0.05, 0.1) is 24.9 Å². The second-order valence-corrected chi connectivity index (χ2v) is 9.41. The van der Waals surface area contributed by atoms with Gasteiger partial charge in [0.1, 0.15) is 15.3 Å². The van der Waals surface area contributed by atoms with Crippen molar-refractivity contribution in [3.05, 3.63) is 88.8 Å². The van der Waals surface area contributed by atoms with Crippen molar-refractivity contribution in [3.63, 3.8) is 0 Å². The predicted octanol–water partition coefficient (Wildman–Crippen LogP) is 4.79. The minimum absolute atomic E-state index is 0.110. The number of ether oxygens (including phenoxy) is 1. The molecule has 0 spiro atoms. The molecule has 34 heavy (non-hydrogen) atoms. The average Bonchev–Trinajstić information content (AvgIpc) is 3.25. The molecule has 3 aromatic heterocycles. The SMILES string of the molecule is COc1ccc(NC(=O)CSc2nc3c(sc4ncccc43)c(=O)n2Cc2ccccc2)cc1. The number of carbonyl (C=O) groups is 1. The molecule has 0 saturated carbocycles. The van der Waals surface area contributed by atoms with E-state index in [1.807, 2.05) is 42.5 Å². The van der Waals surface area contributed by atoms with Gasteiger partial charge >= 0.3 is 0 Å². The van der Waals surface area contributed by atoms with Gasteiger partial charge in [-0.05, 0) is 42.0 Å². The van der Waals surface area contributed by atoms with E-state index in [1.54, 1.807) is 42.1 Å². The van der Waals surface area contributed by atoms with Gasteiger partial charge < -0.3 is 10.1 Å². The quantitative estimate of drug-likeness (QED) is 0.262. The third-order valence-electron chi connectivity index (χ3n) is 5.21. The van der Waals surface area contributed by atoms with E-state index in [9.17, 15) is 9.59 Å². The number of amides is 1. The predicted molar refractivity (Wildman–Crippen MR) is 137 cm³/mol. The Hall–Kier alpha value is -3.69. The zero-order valence-electron chi connectivity index (χ0n) is 18.2. The summed E-state index contributed by atoms with van der Waals surface area (Å²) in [6, 6.07) is 20.6. The lowest BCUT2D eigenvalue weighted by atomic mass is 10.2. The van der Waals surface area contributed by atoms with Crippen LogP contribution in [0.3, 0.4) is 0 Å². The van der Waals surface area contributed by atoms with Gasteiger partial charge in [0.15, 0.2) is 5.16 Å². The Morgan fingerprint density at radius 2 is 1.88 bits per heavy atom. The Morgan fingerprint density at radius 1 is 1.09 bits per heavy atom. The molecule has 3 heterocycles. The van der Waals surface area contributed by atoms with E-state index < -0.39 is 0 Å². The van der Waals surface area contributed by atoms with E-state index in [4.69, 9.17) is 9.72 Å². The summed E-state index contributed by atoms with van der Waals surface area (Å²) in [6.07, 6.45) is 1.71. The fourth-order valence-electron chi connectivity index (χ4n) is 3.56. The maximum Gasteiger partial charge on any atom is 0.272 e. The first-order chi connectivity index (χ1) is 16.6. The number of nitrogens with zero attached hydrogens (tertiary/aromatic N) is 3. The van der Waals surface area contributed by atoms with Gasteiger partial charge in [0.2, 0.25) is 5.91 Å². The van der Waals surface area contributed by atoms with Crippen LogP contribution in [0, 0.1) is 0 Å². The van der Waals surface area contributed by atoms with Crippen molar-refractivity contribution < 1.29 is 9.53 Å². The molecule has 0 fully saturated rings. The van der Waals surface area contributed by atoms with Gasteiger partial charge in [-0.3, -0.25) is 14.2 Å². The smallest absolute Gasteiger partial charge is 0.272 e. The van der Waals surface area contributed by atoms with Crippen LogP contribution in [0.2, 0.25) is 0 Å². The van der Waals surface area contributed by atoms with Crippen molar-refractivity contribution in [2.24, 2.45) is 0 Å². The molecule has 9 heteroatoms. The minimum atomic E-state index is -0.187. The van der Waals surface area contributed by atoms with Crippen LogP contribution in [0.5, 0.6) is 5.75 Å². The lowest BCUT2D eigenvalue weighted by molar-refractivity contribution is -0.113. The number of thioether (sulfide) groups is 1. The summed E-state index contributed by atoms with van der Waals surface area (Å²) < 4.78 is 7.35. The molecule has 170 valence electrons. The van der Waals surface area contributed by atoms with Crippen LogP contribution in [-0.2, 0) is 11.3 Å². The molecule has 1 amide bonds. The van der Waals surface area contributed by atoms with Gasteiger partial charge in [0.25, 0.3) is 5.56 Å². The number of nitrogens with one attached hydrogen (secondary N) is 1. The van der Waals surface area contributed by atoms with Crippen LogP contribution in [0.4, 0.5) is 5.69 Å². The second kappa shape index (κ2) is 9.66. The van der Waals surface area contributed by atoms with Crippen molar-refractivity contribution in [2.45, 2.75) is 11.7 Å². The van der Waals surface area contributed by atoms with Crippen LogP contribution >= 0.6 is 23.1 Å². The second-order valence-electron chi connectivity index (χ2n) is 7.47. The molecule has 0 aliphatic rings. The Kier molecular flexibility index (Phi) is 6.29. The summed E-state index contributed by atoms with van der Waals surface area (Å²) >= 11 is 2.59. The molecule has 0 radical (unpaired) electrons. The summed E-state index contributed by atoms with van der Waals surface area (Å²) in [6.45, 7) is 0.368. The Bertz CT molecular complexity index is 1530. The molecule has 2 aromatic carbocycles. The van der Waals surface area contributed by atoms with Crippen molar-refractivity contribution in [1.82, 2.24) is 14.5 Å². The van der Waals surface area contributed by atoms with Gasteiger partial charge in [-0.25, -0.2) is 9.97 Å². The zero-order valence-corrected chi connectivity index (χ0v) is 19.9. The van der Waals surface area contributed by atoms with Crippen LogP contribution < -0.4 is 15.6 Å². The number of hydrogen-bond acceptors (Lipinski definition) is 7. The first-order valence-electron chi connectivity index (χ1n) is 10.5. The van der Waals surface area contributed by atoms with Crippen molar-refractivity contribution in [2.75, 3.05) is 18.2 Å². The van der Waals surface area contributed by atoms with E-state index in [0.717, 1.165) is 15.8 Å². The third kappa shape index (κ3) is 4.52. The lowest BCUT2D eigenvalue weighted by Crippen LogP contribution is -2.24. The first kappa shape index (κ1) is 22.1. The number of pyridine rings is 1. The monoisotopic (exact) mass is 488 g/mol. The Morgan fingerprint density at radius 3 is 2.65 bits per heavy atom.